The van der Waals surface area contributed by atoms with Gasteiger partial charge in [0.15, 0.2) is 17.2 Å². The van der Waals surface area contributed by atoms with Crippen LogP contribution in [0.2, 0.25) is 0 Å². The van der Waals surface area contributed by atoms with E-state index in [1.54, 1.807) is 18.2 Å². The number of rotatable bonds is 6. The summed E-state index contributed by atoms with van der Waals surface area (Å²) in [5.74, 6) is 0.174. The van der Waals surface area contributed by atoms with Crippen molar-refractivity contribution >= 4 is 5.97 Å². The van der Waals surface area contributed by atoms with Gasteiger partial charge in [0, 0.05) is 6.20 Å². The average molecular weight is 273 g/mol. The Labute approximate surface area is 116 Å². The zero-order valence-corrected chi connectivity index (χ0v) is 11.1. The molecule has 0 unspecified atom stereocenters. The summed E-state index contributed by atoms with van der Waals surface area (Å²) >= 11 is 0. The molecule has 1 N–H and O–H groups in total. The summed E-state index contributed by atoms with van der Waals surface area (Å²) in [6.07, 6.45) is 3.66. The van der Waals surface area contributed by atoms with Crippen molar-refractivity contribution in [2.75, 3.05) is 6.61 Å². The summed E-state index contributed by atoms with van der Waals surface area (Å²) in [6, 6.07) is 8.53. The normalized spacial score (nSPS) is 10.1. The van der Waals surface area contributed by atoms with Gasteiger partial charge in [0.1, 0.15) is 5.56 Å². The van der Waals surface area contributed by atoms with Crippen LogP contribution in [-0.2, 0) is 0 Å². The highest BCUT2D eigenvalue weighted by Gasteiger charge is 2.13. The van der Waals surface area contributed by atoms with Crippen molar-refractivity contribution < 1.29 is 19.4 Å². The zero-order valence-electron chi connectivity index (χ0n) is 11.1. The number of para-hydroxylation sites is 2. The fourth-order valence-corrected chi connectivity index (χ4v) is 1.62. The first-order chi connectivity index (χ1) is 9.72. The van der Waals surface area contributed by atoms with Crippen LogP contribution < -0.4 is 9.47 Å². The van der Waals surface area contributed by atoms with E-state index >= 15 is 0 Å². The Morgan fingerprint density at radius 2 is 1.95 bits per heavy atom. The van der Waals surface area contributed by atoms with Crippen LogP contribution in [0, 0.1) is 0 Å². The van der Waals surface area contributed by atoms with Crippen molar-refractivity contribution in [3.05, 3.63) is 48.3 Å². The quantitative estimate of drug-likeness (QED) is 0.874. The van der Waals surface area contributed by atoms with Crippen LogP contribution in [0.15, 0.2) is 42.7 Å². The average Bonchev–Trinajstić information content (AvgIpc) is 2.47. The lowest BCUT2D eigenvalue weighted by molar-refractivity contribution is 0.0694. The molecule has 0 saturated heterocycles. The number of carboxylic acids is 1. The number of aromatic nitrogens is 1. The molecule has 1 heterocycles. The maximum absolute atomic E-state index is 11.1. The molecule has 20 heavy (non-hydrogen) atoms. The summed E-state index contributed by atoms with van der Waals surface area (Å²) in [5, 5.41) is 9.12. The van der Waals surface area contributed by atoms with Crippen LogP contribution in [-0.4, -0.2) is 22.7 Å². The summed E-state index contributed by atoms with van der Waals surface area (Å²) in [5.41, 5.74) is 0.0605. The third kappa shape index (κ3) is 3.26. The smallest absolute Gasteiger partial charge is 0.339 e. The molecule has 0 fully saturated rings. The molecule has 0 aliphatic carbocycles. The molecule has 0 amide bonds. The number of carbonyl (C=O) groups is 1. The van der Waals surface area contributed by atoms with Gasteiger partial charge >= 0.3 is 5.97 Å². The van der Waals surface area contributed by atoms with E-state index in [1.807, 2.05) is 13.0 Å². The highest BCUT2D eigenvalue weighted by molar-refractivity contribution is 5.90. The molecule has 1 aromatic heterocycles. The molecule has 2 rings (SSSR count). The predicted molar refractivity (Wildman–Crippen MR) is 73.5 cm³/mol. The van der Waals surface area contributed by atoms with E-state index in [2.05, 4.69) is 4.98 Å². The molecular weight excluding hydrogens is 258 g/mol. The van der Waals surface area contributed by atoms with Gasteiger partial charge in [0.25, 0.3) is 0 Å². The summed E-state index contributed by atoms with van der Waals surface area (Å²) < 4.78 is 11.2. The molecule has 0 aliphatic heterocycles. The van der Waals surface area contributed by atoms with Gasteiger partial charge in [-0.3, -0.25) is 4.98 Å². The third-order valence-corrected chi connectivity index (χ3v) is 2.55. The monoisotopic (exact) mass is 273 g/mol. The summed E-state index contributed by atoms with van der Waals surface area (Å²) in [7, 11) is 0. The second-order valence-corrected chi connectivity index (χ2v) is 4.07. The predicted octanol–water partition coefficient (Wildman–Crippen LogP) is 3.36. The lowest BCUT2D eigenvalue weighted by atomic mass is 10.2. The molecule has 0 spiro atoms. The lowest BCUT2D eigenvalue weighted by Gasteiger charge is -2.12. The van der Waals surface area contributed by atoms with E-state index < -0.39 is 5.97 Å². The maximum Gasteiger partial charge on any atom is 0.339 e. The van der Waals surface area contributed by atoms with Gasteiger partial charge in [-0.25, -0.2) is 4.79 Å². The highest BCUT2D eigenvalue weighted by Crippen LogP contribution is 2.32. The van der Waals surface area contributed by atoms with E-state index in [4.69, 9.17) is 14.6 Å². The minimum absolute atomic E-state index is 0.0605. The molecule has 0 bridgehead atoms. The largest absolute Gasteiger partial charge is 0.490 e. The van der Waals surface area contributed by atoms with E-state index in [-0.39, 0.29) is 11.3 Å². The van der Waals surface area contributed by atoms with Gasteiger partial charge in [-0.15, -0.1) is 0 Å². The zero-order chi connectivity index (χ0) is 14.4. The van der Waals surface area contributed by atoms with Crippen LogP contribution in [0.1, 0.15) is 23.7 Å². The van der Waals surface area contributed by atoms with Crippen LogP contribution in [0.5, 0.6) is 17.2 Å². The van der Waals surface area contributed by atoms with Crippen molar-refractivity contribution in [2.24, 2.45) is 0 Å². The molecule has 104 valence electrons. The molecule has 0 saturated carbocycles. The van der Waals surface area contributed by atoms with Crippen molar-refractivity contribution in [3.8, 4) is 17.2 Å². The van der Waals surface area contributed by atoms with Gasteiger partial charge < -0.3 is 14.6 Å². The lowest BCUT2D eigenvalue weighted by Crippen LogP contribution is -2.02. The Morgan fingerprint density at radius 1 is 1.20 bits per heavy atom. The van der Waals surface area contributed by atoms with Gasteiger partial charge in [-0.2, -0.15) is 0 Å². The molecule has 0 radical (unpaired) electrons. The highest BCUT2D eigenvalue weighted by atomic mass is 16.5. The Balaban J connectivity index is 2.28. The number of hydrogen-bond donors (Lipinski definition) is 1. The van der Waals surface area contributed by atoms with E-state index in [1.165, 1.54) is 18.5 Å². The van der Waals surface area contributed by atoms with Gasteiger partial charge in [-0.1, -0.05) is 19.1 Å². The van der Waals surface area contributed by atoms with Crippen LogP contribution in [0.25, 0.3) is 0 Å². The van der Waals surface area contributed by atoms with Gasteiger partial charge in [0.2, 0.25) is 0 Å². The van der Waals surface area contributed by atoms with Gasteiger partial charge in [0.05, 0.1) is 12.8 Å². The Hall–Kier alpha value is -2.56. The summed E-state index contributed by atoms with van der Waals surface area (Å²) in [4.78, 5) is 15.0. The first kappa shape index (κ1) is 13.9. The van der Waals surface area contributed by atoms with Crippen molar-refractivity contribution in [1.82, 2.24) is 4.98 Å². The third-order valence-electron chi connectivity index (χ3n) is 2.55. The molecular formula is C15H15NO4. The number of aromatic carboxylic acids is 1. The molecule has 5 heteroatoms. The van der Waals surface area contributed by atoms with Crippen LogP contribution >= 0.6 is 0 Å². The number of nitrogens with zero attached hydrogens (tertiary/aromatic N) is 1. The number of carboxylic acid groups (broad SMARTS) is 1. The first-order valence-electron chi connectivity index (χ1n) is 6.29. The fourth-order valence-electron chi connectivity index (χ4n) is 1.62. The number of ether oxygens (including phenoxy) is 2. The topological polar surface area (TPSA) is 68.7 Å². The van der Waals surface area contributed by atoms with Crippen LogP contribution in [0.4, 0.5) is 0 Å². The Kier molecular flexibility index (Phi) is 4.55. The maximum atomic E-state index is 11.1. The molecule has 2 aromatic rings. The molecule has 0 atom stereocenters. The second kappa shape index (κ2) is 6.56. The number of hydrogen-bond acceptors (Lipinski definition) is 4. The molecule has 5 nitrogen and oxygen atoms in total. The molecule has 0 aliphatic rings. The Bertz CT molecular complexity index is 598. The minimum Gasteiger partial charge on any atom is -0.490 e. The van der Waals surface area contributed by atoms with Crippen molar-refractivity contribution in [1.29, 1.82) is 0 Å². The van der Waals surface area contributed by atoms with Gasteiger partial charge in [-0.05, 0) is 24.6 Å². The molecule has 1 aromatic carbocycles. The van der Waals surface area contributed by atoms with E-state index in [9.17, 15) is 4.79 Å². The van der Waals surface area contributed by atoms with Crippen molar-refractivity contribution in [3.63, 3.8) is 0 Å². The number of pyridine rings is 1. The minimum atomic E-state index is -1.06. The SMILES string of the molecule is CCCOc1ccccc1Oc1cnccc1C(=O)O. The Morgan fingerprint density at radius 3 is 2.65 bits per heavy atom. The standard InChI is InChI=1S/C15H15NO4/c1-2-9-19-12-5-3-4-6-13(12)20-14-10-16-8-7-11(14)15(17)18/h3-8,10H,2,9H2,1H3,(H,17,18). The second-order valence-electron chi connectivity index (χ2n) is 4.07. The fraction of sp³-hybridized carbons (Fsp3) is 0.200. The van der Waals surface area contributed by atoms with Crippen LogP contribution in [0.3, 0.4) is 0 Å². The van der Waals surface area contributed by atoms with Crippen molar-refractivity contribution in [2.45, 2.75) is 13.3 Å². The number of benzene rings is 1. The van der Waals surface area contributed by atoms with E-state index in [0.717, 1.165) is 6.42 Å². The summed E-state index contributed by atoms with van der Waals surface area (Å²) in [6.45, 7) is 2.58. The first-order valence-corrected chi connectivity index (χ1v) is 6.29. The van der Waals surface area contributed by atoms with E-state index in [0.29, 0.717) is 18.1 Å².